The Kier molecular flexibility index (Phi) is 2.01. The van der Waals surface area contributed by atoms with Crippen LogP contribution in [0, 0.1) is 0 Å². The quantitative estimate of drug-likeness (QED) is 0.659. The van der Waals surface area contributed by atoms with E-state index in [1.165, 1.54) is 0 Å². The highest BCUT2D eigenvalue weighted by Gasteiger charge is 2.11. The number of rotatable bonds is 2. The van der Waals surface area contributed by atoms with Crippen molar-refractivity contribution in [2.45, 2.75) is 0 Å². The zero-order valence-corrected chi connectivity index (χ0v) is 9.10. The second-order valence-electron chi connectivity index (χ2n) is 3.89. The summed E-state index contributed by atoms with van der Waals surface area (Å²) in [7, 11) is 0. The Labute approximate surface area is 100 Å². The van der Waals surface area contributed by atoms with Crippen LogP contribution >= 0.6 is 0 Å². The number of carbonyl (C=O) groups is 1. The fourth-order valence-electron chi connectivity index (χ4n) is 2.07. The minimum atomic E-state index is -0.661. The van der Waals surface area contributed by atoms with Gasteiger partial charge in [-0.15, -0.1) is 0 Å². The molecule has 0 atom stereocenters. The van der Waals surface area contributed by atoms with Crippen LogP contribution in [0.3, 0.4) is 0 Å². The summed E-state index contributed by atoms with van der Waals surface area (Å²) in [5.41, 5.74) is 2.96. The molecule has 0 fully saturated rings. The van der Waals surface area contributed by atoms with Crippen LogP contribution in [0.2, 0.25) is 0 Å². The summed E-state index contributed by atoms with van der Waals surface area (Å²) in [4.78, 5) is 14.8. The lowest BCUT2D eigenvalue weighted by molar-refractivity contribution is 0.112. The fourth-order valence-corrected chi connectivity index (χ4v) is 2.07. The molecule has 0 aliphatic heterocycles. The summed E-state index contributed by atoms with van der Waals surface area (Å²) in [5, 5.41) is 0.802. The summed E-state index contributed by atoms with van der Waals surface area (Å²) in [6.45, 7) is 0. The zero-order valence-electron chi connectivity index (χ0n) is 10.1. The molecule has 1 heterocycles. The first kappa shape index (κ1) is 8.76. The molecule has 0 aliphatic carbocycles. The summed E-state index contributed by atoms with van der Waals surface area (Å²) < 4.78 is 7.45. The molecular weight excluding hydrogens is 210 g/mol. The summed E-state index contributed by atoms with van der Waals surface area (Å²) in [6.07, 6.45) is -0.661. The first-order chi connectivity index (χ1) is 8.77. The third kappa shape index (κ3) is 1.54. The van der Waals surface area contributed by atoms with Crippen LogP contribution in [-0.4, -0.2) is 11.2 Å². The van der Waals surface area contributed by atoms with Crippen LogP contribution in [-0.2, 0) is 0 Å². The maximum absolute atomic E-state index is 11.6. The van der Waals surface area contributed by atoms with Crippen molar-refractivity contribution in [2.24, 2.45) is 0 Å². The van der Waals surface area contributed by atoms with E-state index >= 15 is 0 Å². The van der Waals surface area contributed by atoms with Crippen molar-refractivity contribution in [1.29, 1.82) is 0 Å². The average Bonchev–Trinajstić information content (AvgIpc) is 2.79. The van der Waals surface area contributed by atoms with Crippen LogP contribution in [0.15, 0.2) is 54.6 Å². The van der Waals surface area contributed by atoms with E-state index < -0.39 is 6.26 Å². The van der Waals surface area contributed by atoms with Gasteiger partial charge < -0.3 is 4.98 Å². The van der Waals surface area contributed by atoms with Crippen LogP contribution in [0.5, 0.6) is 0 Å². The fraction of sp³-hybridized carbons (Fsp3) is 0. The predicted molar refractivity (Wildman–Crippen MR) is 69.1 cm³/mol. The molecular formula is C15H11NO. The standard InChI is InChI=1S/C15H11NO/c17-10-13-12-8-4-5-9-14(12)16-15(13)11-6-2-1-3-7-11/h1-10,16H/i10D. The zero-order chi connectivity index (χ0) is 12.5. The largest absolute Gasteiger partial charge is 0.354 e. The molecule has 0 saturated heterocycles. The second-order valence-corrected chi connectivity index (χ2v) is 3.89. The van der Waals surface area contributed by atoms with Gasteiger partial charge in [-0.1, -0.05) is 48.5 Å². The molecule has 1 aromatic heterocycles. The lowest BCUT2D eigenvalue weighted by Crippen LogP contribution is -1.83. The highest BCUT2D eigenvalue weighted by atomic mass is 16.1. The van der Waals surface area contributed by atoms with Gasteiger partial charge in [-0.25, -0.2) is 0 Å². The predicted octanol–water partition coefficient (Wildman–Crippen LogP) is 3.65. The maximum Gasteiger partial charge on any atom is 0.152 e. The first-order valence-corrected chi connectivity index (χ1v) is 5.44. The van der Waals surface area contributed by atoms with Crippen molar-refractivity contribution < 1.29 is 6.17 Å². The molecule has 17 heavy (non-hydrogen) atoms. The Morgan fingerprint density at radius 2 is 1.71 bits per heavy atom. The number of benzene rings is 2. The molecule has 0 unspecified atom stereocenters. The van der Waals surface area contributed by atoms with Gasteiger partial charge in [0.15, 0.2) is 6.26 Å². The number of H-pyrrole nitrogens is 1. The molecule has 3 aromatic rings. The van der Waals surface area contributed by atoms with E-state index in [-0.39, 0.29) is 0 Å². The van der Waals surface area contributed by atoms with Gasteiger partial charge in [-0.05, 0) is 11.6 Å². The Morgan fingerprint density at radius 1 is 1.00 bits per heavy atom. The summed E-state index contributed by atoms with van der Waals surface area (Å²) >= 11 is 0. The van der Waals surface area contributed by atoms with E-state index in [0.29, 0.717) is 5.56 Å². The number of aldehydes is 1. The van der Waals surface area contributed by atoms with E-state index in [2.05, 4.69) is 4.98 Å². The van der Waals surface area contributed by atoms with Gasteiger partial charge in [0.25, 0.3) is 0 Å². The number of nitrogens with one attached hydrogen (secondary N) is 1. The molecule has 0 radical (unpaired) electrons. The Hall–Kier alpha value is -2.35. The van der Waals surface area contributed by atoms with Crippen LogP contribution < -0.4 is 0 Å². The van der Waals surface area contributed by atoms with E-state index in [4.69, 9.17) is 1.37 Å². The number of fused-ring (bicyclic) bond motifs is 1. The smallest absolute Gasteiger partial charge is 0.152 e. The van der Waals surface area contributed by atoms with Crippen LogP contribution in [0.25, 0.3) is 22.2 Å². The van der Waals surface area contributed by atoms with Crippen molar-refractivity contribution in [1.82, 2.24) is 4.98 Å². The third-order valence-electron chi connectivity index (χ3n) is 2.87. The normalized spacial score (nSPS) is 11.4. The van der Waals surface area contributed by atoms with Crippen LogP contribution in [0.4, 0.5) is 0 Å². The van der Waals surface area contributed by atoms with Crippen molar-refractivity contribution in [3.8, 4) is 11.3 Å². The van der Waals surface area contributed by atoms with Gasteiger partial charge in [-0.3, -0.25) is 4.79 Å². The average molecular weight is 222 g/mol. The number of para-hydroxylation sites is 1. The molecule has 1 N–H and O–H groups in total. The Bertz CT molecular complexity index is 716. The molecule has 0 aliphatic rings. The first-order valence-electron chi connectivity index (χ1n) is 5.94. The van der Waals surface area contributed by atoms with Crippen LogP contribution in [0.1, 0.15) is 11.7 Å². The minimum Gasteiger partial charge on any atom is -0.354 e. The molecule has 0 saturated carbocycles. The second kappa shape index (κ2) is 3.91. The highest BCUT2D eigenvalue weighted by molar-refractivity contribution is 6.04. The van der Waals surface area contributed by atoms with E-state index in [0.717, 1.165) is 22.2 Å². The van der Waals surface area contributed by atoms with E-state index in [9.17, 15) is 4.79 Å². The monoisotopic (exact) mass is 222 g/mol. The number of aromatic amines is 1. The third-order valence-corrected chi connectivity index (χ3v) is 2.87. The summed E-state index contributed by atoms with van der Waals surface area (Å²) in [6, 6.07) is 17.2. The minimum absolute atomic E-state index is 0.441. The van der Waals surface area contributed by atoms with Crippen molar-refractivity contribution in [3.05, 3.63) is 60.2 Å². The molecule has 2 aromatic carbocycles. The van der Waals surface area contributed by atoms with Gasteiger partial charge >= 0.3 is 0 Å². The SMILES string of the molecule is [2H]C(=O)c1c(-c2ccccc2)[nH]c2ccccc12. The topological polar surface area (TPSA) is 32.9 Å². The van der Waals surface area contributed by atoms with Crippen molar-refractivity contribution in [2.75, 3.05) is 0 Å². The van der Waals surface area contributed by atoms with Gasteiger partial charge in [0.2, 0.25) is 0 Å². The van der Waals surface area contributed by atoms with Gasteiger partial charge in [-0.2, -0.15) is 0 Å². The van der Waals surface area contributed by atoms with Crippen molar-refractivity contribution >= 4 is 17.2 Å². The molecule has 3 rings (SSSR count). The highest BCUT2D eigenvalue weighted by Crippen LogP contribution is 2.28. The number of aromatic nitrogens is 1. The maximum atomic E-state index is 11.6. The van der Waals surface area contributed by atoms with E-state index in [1.54, 1.807) is 0 Å². The van der Waals surface area contributed by atoms with Gasteiger partial charge in [0.05, 0.1) is 5.69 Å². The molecule has 0 spiro atoms. The molecule has 0 bridgehead atoms. The molecule has 0 amide bonds. The molecule has 2 heteroatoms. The lowest BCUT2D eigenvalue weighted by atomic mass is 10.1. The Balaban J connectivity index is 2.36. The number of hydrogen-bond acceptors (Lipinski definition) is 1. The van der Waals surface area contributed by atoms with Gasteiger partial charge in [0, 0.05) is 16.5 Å². The van der Waals surface area contributed by atoms with E-state index in [1.807, 2.05) is 54.6 Å². The molecule has 82 valence electrons. The molecule has 2 nitrogen and oxygen atoms in total. The lowest BCUT2D eigenvalue weighted by Gasteiger charge is -1.98. The number of carbonyl (C=O) groups excluding carboxylic acids is 1. The summed E-state index contributed by atoms with van der Waals surface area (Å²) in [5.74, 6) is 0. The number of hydrogen-bond donors (Lipinski definition) is 1. The van der Waals surface area contributed by atoms with Gasteiger partial charge in [0.1, 0.15) is 1.37 Å². The Morgan fingerprint density at radius 3 is 2.47 bits per heavy atom. The van der Waals surface area contributed by atoms with Crippen molar-refractivity contribution in [3.63, 3.8) is 0 Å².